The first-order valence-corrected chi connectivity index (χ1v) is 13.1. The van der Waals surface area contributed by atoms with Gasteiger partial charge in [-0.3, -0.25) is 9.59 Å². The minimum absolute atomic E-state index is 0.0177. The van der Waals surface area contributed by atoms with Crippen molar-refractivity contribution in [2.45, 2.75) is 82.4 Å². The van der Waals surface area contributed by atoms with E-state index in [9.17, 15) is 9.59 Å². The summed E-state index contributed by atoms with van der Waals surface area (Å²) >= 11 is 0. The number of nitrogens with one attached hydrogen (secondary N) is 1. The summed E-state index contributed by atoms with van der Waals surface area (Å²) in [6.45, 7) is 9.09. The van der Waals surface area contributed by atoms with Gasteiger partial charge >= 0.3 is 5.97 Å². The predicted octanol–water partition coefficient (Wildman–Crippen LogP) is 1.49. The van der Waals surface area contributed by atoms with Crippen LogP contribution in [0, 0.1) is 5.92 Å². The van der Waals surface area contributed by atoms with Gasteiger partial charge < -0.3 is 39.5 Å². The van der Waals surface area contributed by atoms with Crippen LogP contribution >= 0.6 is 0 Å². The lowest BCUT2D eigenvalue weighted by Crippen LogP contribution is -2.55. The molecular weight excluding hydrogens is 468 g/mol. The molecule has 3 fully saturated rings. The van der Waals surface area contributed by atoms with Crippen LogP contribution in [0.5, 0.6) is 0 Å². The van der Waals surface area contributed by atoms with E-state index >= 15 is 0 Å². The molecule has 1 aliphatic carbocycles. The summed E-state index contributed by atoms with van der Waals surface area (Å²) in [5.74, 6) is -0.433. The molecule has 1 amide bonds. The van der Waals surface area contributed by atoms with Gasteiger partial charge in [0, 0.05) is 26.7 Å². The second kappa shape index (κ2) is 13.3. The van der Waals surface area contributed by atoms with Crippen LogP contribution in [0.1, 0.15) is 52.9 Å². The minimum atomic E-state index is -0.347. The maximum absolute atomic E-state index is 12.6. The molecule has 10 nitrogen and oxygen atoms in total. The first-order chi connectivity index (χ1) is 17.3. The number of nitrogens with two attached hydrogens (primary N) is 1. The van der Waals surface area contributed by atoms with Gasteiger partial charge in [-0.05, 0) is 46.5 Å². The van der Waals surface area contributed by atoms with E-state index in [1.165, 1.54) is 5.57 Å². The van der Waals surface area contributed by atoms with E-state index in [4.69, 9.17) is 34.2 Å². The maximum atomic E-state index is 12.6. The van der Waals surface area contributed by atoms with Crippen molar-refractivity contribution in [3.05, 3.63) is 11.6 Å². The average Bonchev–Trinajstić information content (AvgIpc) is 3.76. The van der Waals surface area contributed by atoms with Crippen LogP contribution in [0.25, 0.3) is 0 Å². The summed E-state index contributed by atoms with van der Waals surface area (Å²) in [5, 5.41) is 2.62. The number of carbonyl (C=O) groups is 2. The van der Waals surface area contributed by atoms with E-state index in [0.29, 0.717) is 46.0 Å². The number of rotatable bonds is 16. The average molecular weight is 513 g/mol. The molecule has 36 heavy (non-hydrogen) atoms. The fraction of sp³-hybridized carbons (Fsp3) is 0.846. The summed E-state index contributed by atoms with van der Waals surface area (Å²) in [5.41, 5.74) is 5.90. The number of ether oxygens (including phenoxy) is 6. The van der Waals surface area contributed by atoms with Crippen molar-refractivity contribution < 1.29 is 38.0 Å². The molecule has 0 aromatic heterocycles. The summed E-state index contributed by atoms with van der Waals surface area (Å²) in [6, 6.07) is 0. The highest BCUT2D eigenvalue weighted by Crippen LogP contribution is 2.59. The quantitative estimate of drug-likeness (QED) is 0.136. The van der Waals surface area contributed by atoms with Gasteiger partial charge in [0.15, 0.2) is 0 Å². The lowest BCUT2D eigenvalue weighted by atomic mass is 9.68. The Labute approximate surface area is 214 Å². The fourth-order valence-electron chi connectivity index (χ4n) is 5.27. The van der Waals surface area contributed by atoms with Crippen LogP contribution in [-0.4, -0.2) is 94.6 Å². The van der Waals surface area contributed by atoms with Crippen LogP contribution < -0.4 is 11.1 Å². The van der Waals surface area contributed by atoms with E-state index in [-0.39, 0.29) is 60.3 Å². The van der Waals surface area contributed by atoms with Crippen molar-refractivity contribution in [3.63, 3.8) is 0 Å². The molecule has 3 rings (SSSR count). The van der Waals surface area contributed by atoms with Gasteiger partial charge in [0.2, 0.25) is 5.91 Å². The summed E-state index contributed by atoms with van der Waals surface area (Å²) in [7, 11) is 1.68. The molecule has 2 saturated heterocycles. The molecule has 4 unspecified atom stereocenters. The van der Waals surface area contributed by atoms with Crippen LogP contribution in [0.2, 0.25) is 0 Å². The zero-order valence-electron chi connectivity index (χ0n) is 22.2. The van der Waals surface area contributed by atoms with Crippen molar-refractivity contribution in [2.75, 3.05) is 53.2 Å². The zero-order valence-corrected chi connectivity index (χ0v) is 22.2. The van der Waals surface area contributed by atoms with Crippen molar-refractivity contribution in [2.24, 2.45) is 11.7 Å². The molecule has 3 aliphatic rings. The number of epoxide rings is 2. The monoisotopic (exact) mass is 512 g/mol. The number of allylic oxidation sites excluding steroid dienone is 1. The third-order valence-corrected chi connectivity index (χ3v) is 7.32. The Kier molecular flexibility index (Phi) is 10.7. The van der Waals surface area contributed by atoms with Crippen LogP contribution in [0.4, 0.5) is 0 Å². The second-order valence-corrected chi connectivity index (χ2v) is 10.3. The topological polar surface area (TPSA) is 134 Å². The van der Waals surface area contributed by atoms with Crippen molar-refractivity contribution in [3.8, 4) is 0 Å². The van der Waals surface area contributed by atoms with E-state index in [0.717, 1.165) is 19.3 Å². The van der Waals surface area contributed by atoms with Crippen molar-refractivity contribution >= 4 is 11.9 Å². The number of hydrogen-bond acceptors (Lipinski definition) is 9. The van der Waals surface area contributed by atoms with Gasteiger partial charge in [-0.2, -0.15) is 0 Å². The zero-order chi connectivity index (χ0) is 26.2. The van der Waals surface area contributed by atoms with Crippen LogP contribution in [0.15, 0.2) is 11.6 Å². The molecule has 1 saturated carbocycles. The molecule has 0 radical (unpaired) electrons. The van der Waals surface area contributed by atoms with Crippen molar-refractivity contribution in [1.29, 1.82) is 0 Å². The highest BCUT2D eigenvalue weighted by atomic mass is 16.6. The molecular formula is C26H44N2O8. The minimum Gasteiger partial charge on any atom is -0.460 e. The molecule has 0 aromatic rings. The molecule has 3 N–H and O–H groups in total. The number of carbonyl (C=O) groups excluding carboxylic acids is 2. The predicted molar refractivity (Wildman–Crippen MR) is 132 cm³/mol. The normalized spacial score (nSPS) is 32.7. The molecule has 206 valence electrons. The molecule has 2 aliphatic heterocycles. The van der Waals surface area contributed by atoms with E-state index in [1.807, 2.05) is 0 Å². The highest BCUT2D eigenvalue weighted by Gasteiger charge is 2.72. The van der Waals surface area contributed by atoms with Gasteiger partial charge in [-0.1, -0.05) is 11.6 Å². The second-order valence-electron chi connectivity index (χ2n) is 10.3. The summed E-state index contributed by atoms with van der Waals surface area (Å²) in [4.78, 5) is 23.6. The smallest absolute Gasteiger partial charge is 0.306 e. The van der Waals surface area contributed by atoms with Crippen molar-refractivity contribution in [1.82, 2.24) is 5.32 Å². The first-order valence-electron chi connectivity index (χ1n) is 13.1. The van der Waals surface area contributed by atoms with Gasteiger partial charge in [-0.15, -0.1) is 0 Å². The number of esters is 1. The molecule has 6 atom stereocenters. The molecule has 0 bridgehead atoms. The Morgan fingerprint density at radius 3 is 2.53 bits per heavy atom. The SMILES string of the molecule is COC1C(OC(=O)CCCOCCOCCNC(=O)CN)CC[C@]2(CO2)C1C1(C)O[C@@H]1CC=C(C)C. The number of methoxy groups -OCH3 is 1. The first kappa shape index (κ1) is 29.0. The van der Waals surface area contributed by atoms with Gasteiger partial charge in [0.1, 0.15) is 23.4 Å². The fourth-order valence-corrected chi connectivity index (χ4v) is 5.27. The third kappa shape index (κ3) is 7.72. The van der Waals surface area contributed by atoms with Gasteiger partial charge in [0.05, 0.1) is 45.0 Å². The molecule has 1 spiro atoms. The lowest BCUT2D eigenvalue weighted by Gasteiger charge is -2.42. The van der Waals surface area contributed by atoms with Crippen LogP contribution in [-0.2, 0) is 38.0 Å². The third-order valence-electron chi connectivity index (χ3n) is 7.32. The number of hydrogen-bond donors (Lipinski definition) is 2. The Morgan fingerprint density at radius 2 is 1.89 bits per heavy atom. The highest BCUT2D eigenvalue weighted by molar-refractivity contribution is 5.77. The van der Waals surface area contributed by atoms with E-state index < -0.39 is 0 Å². The Balaban J connectivity index is 1.36. The molecule has 10 heteroatoms. The lowest BCUT2D eigenvalue weighted by molar-refractivity contribution is -0.172. The van der Waals surface area contributed by atoms with Crippen LogP contribution in [0.3, 0.4) is 0 Å². The Hall–Kier alpha value is -1.56. The largest absolute Gasteiger partial charge is 0.460 e. The van der Waals surface area contributed by atoms with E-state index in [1.54, 1.807) is 7.11 Å². The molecule has 2 heterocycles. The van der Waals surface area contributed by atoms with E-state index in [2.05, 4.69) is 32.2 Å². The van der Waals surface area contributed by atoms with Gasteiger partial charge in [0.25, 0.3) is 0 Å². The van der Waals surface area contributed by atoms with Gasteiger partial charge in [-0.25, -0.2) is 0 Å². The Morgan fingerprint density at radius 1 is 1.17 bits per heavy atom. The summed E-state index contributed by atoms with van der Waals surface area (Å²) in [6.07, 6.45) is 5.00. The molecule has 0 aromatic carbocycles. The maximum Gasteiger partial charge on any atom is 0.306 e. The summed E-state index contributed by atoms with van der Waals surface area (Å²) < 4.78 is 34.9. The Bertz CT molecular complexity index is 767. The number of amides is 1. The standard InChI is InChI=1S/C26H44N2O8/c1-18(2)7-8-20-25(3,36-20)24-23(31-4)19(9-10-26(24)17-34-26)35-22(30)6-5-12-32-14-15-33-13-11-28-21(29)16-27/h7,19-20,23-24H,5-6,8-17,27H2,1-4H3,(H,28,29)/t19?,20-,23?,24?,25?,26+/m1/s1.